The van der Waals surface area contributed by atoms with E-state index in [1.807, 2.05) is 0 Å². The number of ether oxygens (including phenoxy) is 1. The predicted octanol–water partition coefficient (Wildman–Crippen LogP) is 0.898. The number of nitrogens with one attached hydrogen (secondary N) is 1. The van der Waals surface area contributed by atoms with Gasteiger partial charge in [-0.05, 0) is 25.1 Å². The van der Waals surface area contributed by atoms with Gasteiger partial charge in [0.1, 0.15) is 5.82 Å². The maximum Gasteiger partial charge on any atom is 0.340 e. The van der Waals surface area contributed by atoms with Gasteiger partial charge in [-0.25, -0.2) is 9.18 Å². The summed E-state index contributed by atoms with van der Waals surface area (Å²) in [6.07, 6.45) is 0. The Morgan fingerprint density at radius 2 is 2.12 bits per heavy atom. The number of amides is 1. The molecule has 0 spiro atoms. The number of esters is 1. The molecule has 92 valence electrons. The molecule has 0 fully saturated rings. The van der Waals surface area contributed by atoms with Crippen LogP contribution in [0.2, 0.25) is 0 Å². The maximum atomic E-state index is 13.0. The number of carbonyl (C=O) groups excluding carboxylic acids is 2. The van der Waals surface area contributed by atoms with Gasteiger partial charge in [-0.2, -0.15) is 0 Å². The number of carbonyl (C=O) groups is 2. The predicted molar refractivity (Wildman–Crippen MR) is 60.0 cm³/mol. The van der Waals surface area contributed by atoms with Crippen molar-refractivity contribution < 1.29 is 18.7 Å². The van der Waals surface area contributed by atoms with Gasteiger partial charge in [0.2, 0.25) is 5.91 Å². The van der Waals surface area contributed by atoms with Crippen molar-refractivity contribution >= 4 is 17.6 Å². The summed E-state index contributed by atoms with van der Waals surface area (Å²) in [7, 11) is 1.17. The Kier molecular flexibility index (Phi) is 4.17. The molecule has 0 saturated carbocycles. The van der Waals surface area contributed by atoms with E-state index in [1.165, 1.54) is 20.1 Å². The SMILES string of the molecule is COC(=O)c1cc(F)ccc1NC(=O)[C@@H](C)N. The Bertz CT molecular complexity index is 446. The van der Waals surface area contributed by atoms with Crippen molar-refractivity contribution in [2.24, 2.45) is 5.73 Å². The van der Waals surface area contributed by atoms with Crippen LogP contribution in [0.4, 0.5) is 10.1 Å². The molecule has 5 nitrogen and oxygen atoms in total. The van der Waals surface area contributed by atoms with Crippen LogP contribution in [0.15, 0.2) is 18.2 Å². The van der Waals surface area contributed by atoms with Crippen LogP contribution in [-0.2, 0) is 9.53 Å². The van der Waals surface area contributed by atoms with E-state index in [4.69, 9.17) is 5.73 Å². The van der Waals surface area contributed by atoms with Gasteiger partial charge >= 0.3 is 5.97 Å². The van der Waals surface area contributed by atoms with Gasteiger partial charge in [-0.3, -0.25) is 4.79 Å². The molecule has 0 aliphatic carbocycles. The highest BCUT2D eigenvalue weighted by atomic mass is 19.1. The molecule has 1 atom stereocenters. The average Bonchev–Trinajstić information content (AvgIpc) is 2.30. The molecule has 1 aromatic carbocycles. The molecule has 0 heterocycles. The van der Waals surface area contributed by atoms with Crippen LogP contribution in [0.5, 0.6) is 0 Å². The highest BCUT2D eigenvalue weighted by Gasteiger charge is 2.16. The fourth-order valence-electron chi connectivity index (χ4n) is 1.15. The first-order chi connectivity index (χ1) is 7.95. The van der Waals surface area contributed by atoms with Gasteiger partial charge in [-0.15, -0.1) is 0 Å². The molecule has 17 heavy (non-hydrogen) atoms. The minimum atomic E-state index is -0.732. The molecule has 0 unspecified atom stereocenters. The summed E-state index contributed by atoms with van der Waals surface area (Å²) in [6.45, 7) is 1.50. The van der Waals surface area contributed by atoms with E-state index in [0.29, 0.717) is 0 Å². The number of nitrogens with two attached hydrogens (primary N) is 1. The molecule has 1 aromatic rings. The largest absolute Gasteiger partial charge is 0.465 e. The number of anilines is 1. The smallest absolute Gasteiger partial charge is 0.340 e. The van der Waals surface area contributed by atoms with E-state index < -0.39 is 23.7 Å². The summed E-state index contributed by atoms with van der Waals surface area (Å²) in [5.41, 5.74) is 5.48. The van der Waals surface area contributed by atoms with Gasteiger partial charge in [0.05, 0.1) is 24.4 Å². The van der Waals surface area contributed by atoms with Gasteiger partial charge in [0, 0.05) is 0 Å². The van der Waals surface area contributed by atoms with Crippen LogP contribution in [0.25, 0.3) is 0 Å². The Morgan fingerprint density at radius 3 is 2.65 bits per heavy atom. The Morgan fingerprint density at radius 1 is 1.47 bits per heavy atom. The lowest BCUT2D eigenvalue weighted by atomic mass is 10.1. The monoisotopic (exact) mass is 240 g/mol. The van der Waals surface area contributed by atoms with E-state index in [9.17, 15) is 14.0 Å². The van der Waals surface area contributed by atoms with Crippen molar-refractivity contribution in [2.45, 2.75) is 13.0 Å². The zero-order chi connectivity index (χ0) is 13.0. The minimum Gasteiger partial charge on any atom is -0.465 e. The fraction of sp³-hybridized carbons (Fsp3) is 0.273. The maximum absolute atomic E-state index is 13.0. The molecular formula is C11H13FN2O3. The van der Waals surface area contributed by atoms with Crippen LogP contribution < -0.4 is 11.1 Å². The topological polar surface area (TPSA) is 81.4 Å². The van der Waals surface area contributed by atoms with Crippen molar-refractivity contribution in [3.63, 3.8) is 0 Å². The minimum absolute atomic E-state index is 0.0542. The second kappa shape index (κ2) is 5.40. The zero-order valence-electron chi connectivity index (χ0n) is 9.49. The van der Waals surface area contributed by atoms with Gasteiger partial charge in [0.15, 0.2) is 0 Å². The summed E-state index contributed by atoms with van der Waals surface area (Å²) < 4.78 is 17.5. The third-order valence-corrected chi connectivity index (χ3v) is 2.06. The van der Waals surface area contributed by atoms with Gasteiger partial charge in [-0.1, -0.05) is 0 Å². The molecule has 0 aliphatic rings. The molecule has 0 radical (unpaired) electrons. The lowest BCUT2D eigenvalue weighted by molar-refractivity contribution is -0.117. The molecule has 0 saturated heterocycles. The molecule has 1 rings (SSSR count). The van der Waals surface area contributed by atoms with Crippen LogP contribution in [0, 0.1) is 5.82 Å². The molecule has 1 amide bonds. The summed E-state index contributed by atoms with van der Waals surface area (Å²) in [5.74, 6) is -1.80. The summed E-state index contributed by atoms with van der Waals surface area (Å²) in [6, 6.07) is 2.67. The average molecular weight is 240 g/mol. The standard InChI is InChI=1S/C11H13FN2O3/c1-6(13)10(15)14-9-4-3-7(12)5-8(9)11(16)17-2/h3-6H,13H2,1-2H3,(H,14,15)/t6-/m1/s1. The normalized spacial score (nSPS) is 11.8. The Balaban J connectivity index is 3.06. The molecule has 0 aliphatic heterocycles. The number of halogens is 1. The van der Waals surface area contributed by atoms with Gasteiger partial charge in [0.25, 0.3) is 0 Å². The second-order valence-corrected chi connectivity index (χ2v) is 3.46. The number of benzene rings is 1. The summed E-state index contributed by atoms with van der Waals surface area (Å²) >= 11 is 0. The number of rotatable bonds is 3. The van der Waals surface area contributed by atoms with Crippen molar-refractivity contribution in [3.8, 4) is 0 Å². The fourth-order valence-corrected chi connectivity index (χ4v) is 1.15. The van der Waals surface area contributed by atoms with Gasteiger partial charge < -0.3 is 15.8 Å². The van der Waals surface area contributed by atoms with Crippen LogP contribution in [0.1, 0.15) is 17.3 Å². The first kappa shape index (κ1) is 13.1. The third-order valence-electron chi connectivity index (χ3n) is 2.06. The summed E-state index contributed by atoms with van der Waals surface area (Å²) in [5, 5.41) is 2.42. The zero-order valence-corrected chi connectivity index (χ0v) is 9.49. The Hall–Kier alpha value is -1.95. The molecule has 0 aromatic heterocycles. The van der Waals surface area contributed by atoms with Crippen LogP contribution >= 0.6 is 0 Å². The number of methoxy groups -OCH3 is 1. The molecule has 0 bridgehead atoms. The highest BCUT2D eigenvalue weighted by molar-refractivity contribution is 6.02. The third kappa shape index (κ3) is 3.25. The van der Waals surface area contributed by atoms with Crippen molar-refractivity contribution in [3.05, 3.63) is 29.6 Å². The highest BCUT2D eigenvalue weighted by Crippen LogP contribution is 2.18. The van der Waals surface area contributed by atoms with E-state index in [1.54, 1.807) is 0 Å². The van der Waals surface area contributed by atoms with E-state index in [0.717, 1.165) is 12.1 Å². The van der Waals surface area contributed by atoms with E-state index >= 15 is 0 Å². The van der Waals surface area contributed by atoms with Crippen LogP contribution in [0.3, 0.4) is 0 Å². The first-order valence-corrected chi connectivity index (χ1v) is 4.90. The summed E-state index contributed by atoms with van der Waals surface area (Å²) in [4.78, 5) is 22.7. The van der Waals surface area contributed by atoms with Crippen molar-refractivity contribution in [2.75, 3.05) is 12.4 Å². The molecule has 3 N–H and O–H groups in total. The second-order valence-electron chi connectivity index (χ2n) is 3.46. The lowest BCUT2D eigenvalue weighted by Gasteiger charge is -2.11. The molecular weight excluding hydrogens is 227 g/mol. The van der Waals surface area contributed by atoms with E-state index in [2.05, 4.69) is 10.1 Å². The van der Waals surface area contributed by atoms with Crippen molar-refractivity contribution in [1.29, 1.82) is 0 Å². The molecule has 6 heteroatoms. The van der Waals surface area contributed by atoms with Crippen molar-refractivity contribution in [1.82, 2.24) is 0 Å². The quantitative estimate of drug-likeness (QED) is 0.769. The number of hydrogen-bond acceptors (Lipinski definition) is 4. The first-order valence-electron chi connectivity index (χ1n) is 4.90. The van der Waals surface area contributed by atoms with E-state index in [-0.39, 0.29) is 11.3 Å². The van der Waals surface area contributed by atoms with Crippen LogP contribution in [-0.4, -0.2) is 25.0 Å². The lowest BCUT2D eigenvalue weighted by Crippen LogP contribution is -2.33. The Labute approximate surface area is 97.7 Å². The number of hydrogen-bond donors (Lipinski definition) is 2.